The van der Waals surface area contributed by atoms with Gasteiger partial charge >= 0.3 is 5.97 Å². The molecule has 2 aromatic heterocycles. The summed E-state index contributed by atoms with van der Waals surface area (Å²) in [5.41, 5.74) is 2.82. The Hall–Kier alpha value is -4.31. The molecule has 0 fully saturated rings. The van der Waals surface area contributed by atoms with E-state index in [4.69, 9.17) is 20.9 Å². The van der Waals surface area contributed by atoms with Gasteiger partial charge in [0.2, 0.25) is 0 Å². The van der Waals surface area contributed by atoms with E-state index in [-0.39, 0.29) is 27.7 Å². The summed E-state index contributed by atoms with van der Waals surface area (Å²) >= 11 is 5.99. The van der Waals surface area contributed by atoms with Gasteiger partial charge in [-0.2, -0.15) is 0 Å². The lowest BCUT2D eigenvalue weighted by atomic mass is 10.0. The highest BCUT2D eigenvalue weighted by Gasteiger charge is 2.21. The zero-order valence-electron chi connectivity index (χ0n) is 18.0. The number of benzene rings is 2. The van der Waals surface area contributed by atoms with Crippen LogP contribution in [0.1, 0.15) is 21.6 Å². The van der Waals surface area contributed by atoms with Crippen molar-refractivity contribution in [2.75, 3.05) is 11.9 Å². The number of anilines is 1. The van der Waals surface area contributed by atoms with Crippen LogP contribution in [0, 0.1) is 24.0 Å². The van der Waals surface area contributed by atoms with E-state index < -0.39 is 23.4 Å². The average Bonchev–Trinajstić information content (AvgIpc) is 3.19. The van der Waals surface area contributed by atoms with Crippen molar-refractivity contribution in [1.82, 2.24) is 10.1 Å². The van der Waals surface area contributed by atoms with Gasteiger partial charge in [-0.25, -0.2) is 9.78 Å². The molecule has 1 amide bonds. The highest BCUT2D eigenvalue weighted by molar-refractivity contribution is 6.33. The third kappa shape index (κ3) is 4.71. The van der Waals surface area contributed by atoms with E-state index in [1.807, 2.05) is 31.2 Å². The lowest BCUT2D eigenvalue weighted by molar-refractivity contribution is -0.384. The number of nitrogens with one attached hydrogen (secondary N) is 1. The third-order valence-corrected chi connectivity index (χ3v) is 5.28. The van der Waals surface area contributed by atoms with Crippen LogP contribution in [0.25, 0.3) is 22.4 Å². The first-order chi connectivity index (χ1) is 16.2. The summed E-state index contributed by atoms with van der Waals surface area (Å²) in [6.07, 6.45) is 0. The van der Waals surface area contributed by atoms with Crippen LogP contribution in [0.2, 0.25) is 5.02 Å². The number of nitrogens with zero attached hydrogens (tertiary/aromatic N) is 3. The molecule has 172 valence electrons. The van der Waals surface area contributed by atoms with E-state index in [0.29, 0.717) is 16.8 Å². The number of rotatable bonds is 6. The largest absolute Gasteiger partial charge is 0.452 e. The normalized spacial score (nSPS) is 10.8. The van der Waals surface area contributed by atoms with Gasteiger partial charge in [-0.15, -0.1) is 0 Å². The number of pyridine rings is 1. The Morgan fingerprint density at radius 1 is 1.15 bits per heavy atom. The molecule has 4 rings (SSSR count). The van der Waals surface area contributed by atoms with Crippen LogP contribution < -0.4 is 5.32 Å². The van der Waals surface area contributed by atoms with Crippen molar-refractivity contribution >= 4 is 46.0 Å². The van der Waals surface area contributed by atoms with Crippen LogP contribution in [-0.4, -0.2) is 33.5 Å². The summed E-state index contributed by atoms with van der Waals surface area (Å²) in [5, 5.41) is 17.7. The number of fused-ring (bicyclic) bond motifs is 1. The van der Waals surface area contributed by atoms with Crippen molar-refractivity contribution < 1.29 is 23.8 Å². The smallest absolute Gasteiger partial charge is 0.339 e. The number of hydrogen-bond acceptors (Lipinski definition) is 8. The number of aromatic nitrogens is 2. The topological polar surface area (TPSA) is 137 Å². The van der Waals surface area contributed by atoms with E-state index in [1.54, 1.807) is 13.0 Å². The van der Waals surface area contributed by atoms with Crippen molar-refractivity contribution in [3.8, 4) is 11.3 Å². The predicted molar refractivity (Wildman–Crippen MR) is 124 cm³/mol. The van der Waals surface area contributed by atoms with Crippen LogP contribution in [-0.2, 0) is 9.53 Å². The number of esters is 1. The maximum absolute atomic E-state index is 12.9. The van der Waals surface area contributed by atoms with E-state index in [2.05, 4.69) is 15.5 Å². The first-order valence-corrected chi connectivity index (χ1v) is 10.4. The molecule has 34 heavy (non-hydrogen) atoms. The van der Waals surface area contributed by atoms with Gasteiger partial charge < -0.3 is 14.6 Å². The zero-order valence-corrected chi connectivity index (χ0v) is 18.8. The molecule has 0 saturated heterocycles. The molecule has 4 aromatic rings. The molecule has 0 saturated carbocycles. The number of non-ortho nitro benzene ring substituents is 1. The minimum absolute atomic E-state index is 0.0275. The Kier molecular flexibility index (Phi) is 6.24. The highest BCUT2D eigenvalue weighted by Crippen LogP contribution is 2.28. The van der Waals surface area contributed by atoms with Crippen molar-refractivity contribution in [3.05, 3.63) is 80.5 Å². The van der Waals surface area contributed by atoms with Gasteiger partial charge in [-0.3, -0.25) is 14.9 Å². The van der Waals surface area contributed by atoms with Crippen molar-refractivity contribution in [2.45, 2.75) is 13.8 Å². The van der Waals surface area contributed by atoms with Gasteiger partial charge in [0.1, 0.15) is 0 Å². The van der Waals surface area contributed by atoms with E-state index in [1.165, 1.54) is 12.1 Å². The molecule has 10 nitrogen and oxygen atoms in total. The second kappa shape index (κ2) is 9.28. The SMILES string of the molecule is Cc1ccc(-c2cc(C(=O)OCC(=O)Nc3cc([N+](=O)[O-])ccc3Cl)c3c(C)noc3n2)cc1. The van der Waals surface area contributed by atoms with E-state index >= 15 is 0 Å². The van der Waals surface area contributed by atoms with Gasteiger partial charge in [0, 0.05) is 17.7 Å². The molecule has 0 unspecified atom stereocenters. The monoisotopic (exact) mass is 480 g/mol. The highest BCUT2D eigenvalue weighted by atomic mass is 35.5. The van der Waals surface area contributed by atoms with Crippen molar-refractivity contribution in [3.63, 3.8) is 0 Å². The molecule has 0 atom stereocenters. The zero-order chi connectivity index (χ0) is 24.4. The fourth-order valence-electron chi connectivity index (χ4n) is 3.25. The van der Waals surface area contributed by atoms with Gasteiger partial charge in [-0.05, 0) is 26.0 Å². The number of halogens is 1. The van der Waals surface area contributed by atoms with Crippen molar-refractivity contribution in [1.29, 1.82) is 0 Å². The van der Waals surface area contributed by atoms with Gasteiger partial charge in [0.25, 0.3) is 17.3 Å². The fraction of sp³-hybridized carbons (Fsp3) is 0.130. The Morgan fingerprint density at radius 2 is 1.88 bits per heavy atom. The molecule has 0 aliphatic heterocycles. The summed E-state index contributed by atoms with van der Waals surface area (Å²) < 4.78 is 10.5. The van der Waals surface area contributed by atoms with Crippen LogP contribution in [0.3, 0.4) is 0 Å². The minimum Gasteiger partial charge on any atom is -0.452 e. The summed E-state index contributed by atoms with van der Waals surface area (Å²) in [7, 11) is 0. The number of aryl methyl sites for hydroxylation is 2. The Morgan fingerprint density at radius 3 is 2.59 bits per heavy atom. The quantitative estimate of drug-likeness (QED) is 0.234. The van der Waals surface area contributed by atoms with Crippen LogP contribution in [0.15, 0.2) is 53.1 Å². The van der Waals surface area contributed by atoms with Gasteiger partial charge in [0.05, 0.1) is 38.0 Å². The van der Waals surface area contributed by atoms with Crippen LogP contribution in [0.5, 0.6) is 0 Å². The molecular formula is C23H17ClN4O6. The standard InChI is InChI=1S/C23H17ClN4O6/c1-12-3-5-14(6-4-12)18-10-16(21-13(2)27-34-22(21)26-18)23(30)33-11-20(29)25-19-9-15(28(31)32)7-8-17(19)24/h3-10H,11H2,1-2H3,(H,25,29). The van der Waals surface area contributed by atoms with E-state index in [9.17, 15) is 19.7 Å². The fourth-order valence-corrected chi connectivity index (χ4v) is 3.41. The summed E-state index contributed by atoms with van der Waals surface area (Å²) in [6.45, 7) is 2.97. The molecular weight excluding hydrogens is 464 g/mol. The third-order valence-electron chi connectivity index (χ3n) is 4.95. The maximum atomic E-state index is 12.9. The molecule has 2 aromatic carbocycles. The van der Waals surface area contributed by atoms with Crippen LogP contribution in [0.4, 0.5) is 11.4 Å². The second-order valence-electron chi connectivity index (χ2n) is 7.41. The minimum atomic E-state index is -0.785. The number of carbonyl (C=O) groups is 2. The number of nitro benzene ring substituents is 1. The number of nitro groups is 1. The first kappa shape index (κ1) is 22.9. The Bertz CT molecular complexity index is 1430. The van der Waals surface area contributed by atoms with Gasteiger partial charge in [0.15, 0.2) is 6.61 Å². The Balaban J connectivity index is 1.55. The second-order valence-corrected chi connectivity index (χ2v) is 7.82. The summed E-state index contributed by atoms with van der Waals surface area (Å²) in [5.74, 6) is -1.51. The Labute approximate surface area is 197 Å². The molecule has 0 aliphatic carbocycles. The average molecular weight is 481 g/mol. The number of carbonyl (C=O) groups excluding carboxylic acids is 2. The lowest BCUT2D eigenvalue weighted by Gasteiger charge is -2.09. The molecule has 0 bridgehead atoms. The summed E-state index contributed by atoms with van der Waals surface area (Å²) in [4.78, 5) is 40.0. The van der Waals surface area contributed by atoms with E-state index in [0.717, 1.165) is 17.2 Å². The first-order valence-electron chi connectivity index (χ1n) is 9.98. The number of amides is 1. The number of ether oxygens (including phenoxy) is 1. The molecule has 11 heteroatoms. The molecule has 0 aliphatic rings. The molecule has 0 spiro atoms. The summed E-state index contributed by atoms with van der Waals surface area (Å²) in [6, 6.07) is 12.7. The van der Waals surface area contributed by atoms with Crippen molar-refractivity contribution in [2.24, 2.45) is 0 Å². The molecule has 1 N–H and O–H groups in total. The number of hydrogen-bond donors (Lipinski definition) is 1. The predicted octanol–water partition coefficient (Wildman–Crippen LogP) is 4.86. The van der Waals surface area contributed by atoms with Gasteiger partial charge in [-0.1, -0.05) is 46.6 Å². The van der Waals surface area contributed by atoms with Crippen LogP contribution >= 0.6 is 11.6 Å². The molecule has 2 heterocycles. The molecule has 0 radical (unpaired) electrons. The lowest BCUT2D eigenvalue weighted by Crippen LogP contribution is -2.21. The maximum Gasteiger partial charge on any atom is 0.339 e.